The minimum atomic E-state index is -0.889. The lowest BCUT2D eigenvalue weighted by molar-refractivity contribution is -0.147. The molecule has 0 saturated carbocycles. The van der Waals surface area contributed by atoms with E-state index in [2.05, 4.69) is 15.5 Å². The zero-order valence-electron chi connectivity index (χ0n) is 12.0. The third kappa shape index (κ3) is 2.32. The van der Waals surface area contributed by atoms with Gasteiger partial charge in [0.25, 0.3) is 5.91 Å². The van der Waals surface area contributed by atoms with E-state index in [4.69, 9.17) is 0 Å². The number of benzene rings is 1. The van der Waals surface area contributed by atoms with Crippen LogP contribution >= 0.6 is 0 Å². The number of carboxylic acid groups (broad SMARTS) is 1. The molecule has 1 saturated heterocycles. The predicted octanol–water partition coefficient (Wildman–Crippen LogP) is 0.599. The number of amides is 1. The van der Waals surface area contributed by atoms with Crippen LogP contribution in [-0.4, -0.2) is 55.2 Å². The lowest BCUT2D eigenvalue weighted by Gasteiger charge is -2.21. The van der Waals surface area contributed by atoms with Crippen LogP contribution in [-0.2, 0) is 4.79 Å². The highest BCUT2D eigenvalue weighted by atomic mass is 16.4. The largest absolute Gasteiger partial charge is 0.481 e. The summed E-state index contributed by atoms with van der Waals surface area (Å²) in [5, 5.41) is 20.2. The Morgan fingerprint density at radius 1 is 1.32 bits per heavy atom. The van der Waals surface area contributed by atoms with Crippen molar-refractivity contribution in [3.8, 4) is 5.69 Å². The smallest absolute Gasteiger partial charge is 0.311 e. The summed E-state index contributed by atoms with van der Waals surface area (Å²) < 4.78 is 1.42. The quantitative estimate of drug-likeness (QED) is 0.890. The molecule has 8 nitrogen and oxygen atoms in total. The third-order valence-electron chi connectivity index (χ3n) is 4.01. The van der Waals surface area contributed by atoms with E-state index in [1.807, 2.05) is 0 Å². The van der Waals surface area contributed by atoms with Crippen LogP contribution in [0.15, 0.2) is 30.6 Å². The highest BCUT2D eigenvalue weighted by Gasteiger charge is 2.42. The number of rotatable bonds is 3. The first kappa shape index (κ1) is 14.2. The molecule has 8 heteroatoms. The van der Waals surface area contributed by atoms with Crippen LogP contribution in [0.5, 0.6) is 0 Å². The van der Waals surface area contributed by atoms with Gasteiger partial charge in [-0.25, -0.2) is 0 Å². The average Bonchev–Trinajstić information content (AvgIpc) is 3.17. The maximum atomic E-state index is 12.7. The molecule has 1 aromatic heterocycles. The molecule has 0 radical (unpaired) electrons. The van der Waals surface area contributed by atoms with Gasteiger partial charge in [0.2, 0.25) is 0 Å². The predicted molar refractivity (Wildman–Crippen MR) is 75.4 cm³/mol. The minimum absolute atomic E-state index is 0.200. The van der Waals surface area contributed by atoms with E-state index >= 15 is 0 Å². The zero-order chi connectivity index (χ0) is 15.7. The molecule has 2 heterocycles. The average molecular weight is 301 g/mol. The topological polar surface area (TPSA) is 101 Å². The van der Waals surface area contributed by atoms with Crippen LogP contribution in [0.4, 0.5) is 0 Å². The van der Waals surface area contributed by atoms with Gasteiger partial charge >= 0.3 is 5.97 Å². The summed E-state index contributed by atoms with van der Waals surface area (Å²) in [4.78, 5) is 25.6. The van der Waals surface area contributed by atoms with E-state index in [0.29, 0.717) is 24.2 Å². The fourth-order valence-electron chi connectivity index (χ4n) is 2.61. The Kier molecular flexibility index (Phi) is 3.36. The molecule has 1 atom stereocenters. The molecule has 114 valence electrons. The van der Waals surface area contributed by atoms with Gasteiger partial charge in [-0.2, -0.15) is 4.68 Å². The molecule has 1 amide bonds. The number of likely N-dealkylation sites (tertiary alicyclic amines) is 1. The second-order valence-corrected chi connectivity index (χ2v) is 5.61. The van der Waals surface area contributed by atoms with Gasteiger partial charge in [-0.3, -0.25) is 9.59 Å². The van der Waals surface area contributed by atoms with Gasteiger partial charge in [0.15, 0.2) is 0 Å². The molecule has 3 rings (SSSR count). The highest BCUT2D eigenvalue weighted by molar-refractivity contribution is 5.98. The van der Waals surface area contributed by atoms with Crippen LogP contribution in [0.3, 0.4) is 0 Å². The Morgan fingerprint density at radius 2 is 2.09 bits per heavy atom. The van der Waals surface area contributed by atoms with Crippen molar-refractivity contribution in [2.75, 3.05) is 13.1 Å². The SMILES string of the molecule is CC1(C(=O)O)CCN(C(=O)c2ccccc2-n2cnnn2)C1. The molecule has 1 aliphatic rings. The van der Waals surface area contributed by atoms with Crippen LogP contribution < -0.4 is 0 Å². The molecule has 1 aromatic carbocycles. The number of carbonyl (C=O) groups is 2. The van der Waals surface area contributed by atoms with Crippen molar-refractivity contribution >= 4 is 11.9 Å². The number of hydrogen-bond donors (Lipinski definition) is 1. The van der Waals surface area contributed by atoms with Crippen LogP contribution in [0.2, 0.25) is 0 Å². The minimum Gasteiger partial charge on any atom is -0.481 e. The third-order valence-corrected chi connectivity index (χ3v) is 4.01. The van der Waals surface area contributed by atoms with Crippen molar-refractivity contribution in [1.29, 1.82) is 0 Å². The van der Waals surface area contributed by atoms with Gasteiger partial charge < -0.3 is 10.0 Å². The van der Waals surface area contributed by atoms with Crippen molar-refractivity contribution in [1.82, 2.24) is 25.1 Å². The summed E-state index contributed by atoms with van der Waals surface area (Å²) in [6.45, 7) is 2.28. The number of aromatic nitrogens is 4. The molecule has 1 aliphatic heterocycles. The molecule has 0 aliphatic carbocycles. The lowest BCUT2D eigenvalue weighted by Crippen LogP contribution is -2.35. The number of tetrazole rings is 1. The number of carboxylic acids is 1. The molecule has 1 N–H and O–H groups in total. The zero-order valence-corrected chi connectivity index (χ0v) is 12.0. The second-order valence-electron chi connectivity index (χ2n) is 5.61. The van der Waals surface area contributed by atoms with E-state index in [-0.39, 0.29) is 12.5 Å². The molecule has 1 unspecified atom stereocenters. The van der Waals surface area contributed by atoms with Gasteiger partial charge in [-0.05, 0) is 35.9 Å². The summed E-state index contributed by atoms with van der Waals surface area (Å²) in [6, 6.07) is 6.98. The molecule has 22 heavy (non-hydrogen) atoms. The fourth-order valence-corrected chi connectivity index (χ4v) is 2.61. The van der Waals surface area contributed by atoms with Crippen molar-refractivity contribution in [3.05, 3.63) is 36.2 Å². The number of hydrogen-bond acceptors (Lipinski definition) is 5. The summed E-state index contributed by atoms with van der Waals surface area (Å²) in [5.74, 6) is -1.09. The number of carbonyl (C=O) groups excluding carboxylic acids is 1. The fraction of sp³-hybridized carbons (Fsp3) is 0.357. The van der Waals surface area contributed by atoms with Crippen LogP contribution in [0.25, 0.3) is 5.69 Å². The monoisotopic (exact) mass is 301 g/mol. The Labute approximate surface area is 126 Å². The van der Waals surface area contributed by atoms with Gasteiger partial charge in [0.05, 0.1) is 16.7 Å². The maximum Gasteiger partial charge on any atom is 0.311 e. The summed E-state index contributed by atoms with van der Waals surface area (Å²) in [6.07, 6.45) is 1.86. The van der Waals surface area contributed by atoms with Crippen molar-refractivity contribution in [3.63, 3.8) is 0 Å². The Morgan fingerprint density at radius 3 is 2.73 bits per heavy atom. The number of para-hydroxylation sites is 1. The summed E-state index contributed by atoms with van der Waals surface area (Å²) in [5.41, 5.74) is 0.130. The van der Waals surface area contributed by atoms with Crippen molar-refractivity contribution in [2.45, 2.75) is 13.3 Å². The molecule has 1 fully saturated rings. The highest BCUT2D eigenvalue weighted by Crippen LogP contribution is 2.31. The van der Waals surface area contributed by atoms with Crippen LogP contribution in [0, 0.1) is 5.41 Å². The molecular formula is C14H15N5O3. The normalized spacial score (nSPS) is 21.0. The standard InChI is InChI=1S/C14H15N5O3/c1-14(13(21)22)6-7-18(8-14)12(20)10-4-2-3-5-11(10)19-9-15-16-17-19/h2-5,9H,6-8H2,1H3,(H,21,22). The van der Waals surface area contributed by atoms with E-state index in [9.17, 15) is 14.7 Å². The lowest BCUT2D eigenvalue weighted by atomic mass is 9.90. The second kappa shape index (κ2) is 5.21. The summed E-state index contributed by atoms with van der Waals surface area (Å²) in [7, 11) is 0. The first-order chi connectivity index (χ1) is 10.5. The van der Waals surface area contributed by atoms with E-state index in [1.54, 1.807) is 36.1 Å². The van der Waals surface area contributed by atoms with Crippen molar-refractivity contribution < 1.29 is 14.7 Å². The van der Waals surface area contributed by atoms with E-state index in [1.165, 1.54) is 11.0 Å². The first-order valence-electron chi connectivity index (χ1n) is 6.86. The molecular weight excluding hydrogens is 286 g/mol. The maximum absolute atomic E-state index is 12.7. The Bertz CT molecular complexity index is 715. The van der Waals surface area contributed by atoms with Gasteiger partial charge in [0.1, 0.15) is 6.33 Å². The van der Waals surface area contributed by atoms with Gasteiger partial charge in [0, 0.05) is 13.1 Å². The molecule has 0 spiro atoms. The van der Waals surface area contributed by atoms with E-state index < -0.39 is 11.4 Å². The molecule has 2 aromatic rings. The van der Waals surface area contributed by atoms with Crippen molar-refractivity contribution in [2.24, 2.45) is 5.41 Å². The number of aliphatic carboxylic acids is 1. The Balaban J connectivity index is 1.90. The van der Waals surface area contributed by atoms with Crippen LogP contribution in [0.1, 0.15) is 23.7 Å². The summed E-state index contributed by atoms with van der Waals surface area (Å²) >= 11 is 0. The Hall–Kier alpha value is -2.77. The van der Waals surface area contributed by atoms with E-state index in [0.717, 1.165) is 0 Å². The number of nitrogens with zero attached hydrogens (tertiary/aromatic N) is 5. The van der Waals surface area contributed by atoms with Gasteiger partial charge in [-0.15, -0.1) is 5.10 Å². The van der Waals surface area contributed by atoms with Gasteiger partial charge in [-0.1, -0.05) is 12.1 Å². The first-order valence-corrected chi connectivity index (χ1v) is 6.86. The molecule has 0 bridgehead atoms.